The van der Waals surface area contributed by atoms with Gasteiger partial charge in [-0.2, -0.15) is 4.68 Å². The fraction of sp³-hybridized carbons (Fsp3) is 0.364. The number of likely N-dealkylation sites (tertiary alicyclic amines) is 1. The van der Waals surface area contributed by atoms with Crippen LogP contribution in [0.5, 0.6) is 0 Å². The molecule has 30 heavy (non-hydrogen) atoms. The third-order valence-electron chi connectivity index (χ3n) is 5.42. The van der Waals surface area contributed by atoms with E-state index >= 15 is 0 Å². The van der Waals surface area contributed by atoms with Crippen LogP contribution in [0.3, 0.4) is 0 Å². The number of amides is 1. The second-order valence-corrected chi connectivity index (χ2v) is 8.66. The van der Waals surface area contributed by atoms with Crippen LogP contribution in [0.15, 0.2) is 59.5 Å². The maximum Gasteiger partial charge on any atom is 0.255 e. The molecule has 0 bridgehead atoms. The molecule has 0 aliphatic carbocycles. The Balaban J connectivity index is 1.50. The Hall–Kier alpha value is -2.71. The molecular weight excluding hydrogens is 396 g/mol. The van der Waals surface area contributed by atoms with Crippen molar-refractivity contribution in [2.75, 3.05) is 27.2 Å². The lowest BCUT2D eigenvalue weighted by molar-refractivity contribution is 0.0631. The second-order valence-electron chi connectivity index (χ2n) is 7.64. The van der Waals surface area contributed by atoms with Crippen molar-refractivity contribution in [2.45, 2.75) is 29.5 Å². The summed E-state index contributed by atoms with van der Waals surface area (Å²) in [6, 6.07) is 18.1. The highest BCUT2D eigenvalue weighted by Gasteiger charge is 2.26. The quantitative estimate of drug-likeness (QED) is 0.569. The van der Waals surface area contributed by atoms with E-state index in [0.29, 0.717) is 11.8 Å². The first kappa shape index (κ1) is 20.6. The Morgan fingerprint density at radius 2 is 1.90 bits per heavy atom. The van der Waals surface area contributed by atoms with Crippen LogP contribution in [0, 0.1) is 0 Å². The van der Waals surface area contributed by atoms with Gasteiger partial charge in [0.25, 0.3) is 5.91 Å². The Bertz CT molecular complexity index is 990. The molecule has 1 unspecified atom stereocenters. The summed E-state index contributed by atoms with van der Waals surface area (Å²) in [5.74, 6) is 1.43. The lowest BCUT2D eigenvalue weighted by Crippen LogP contribution is -2.47. The maximum absolute atomic E-state index is 13.3. The van der Waals surface area contributed by atoms with E-state index in [1.807, 2.05) is 59.5 Å². The maximum atomic E-state index is 13.3. The smallest absolute Gasteiger partial charge is 0.255 e. The normalized spacial score (nSPS) is 16.8. The number of piperidine rings is 1. The van der Waals surface area contributed by atoms with Gasteiger partial charge in [0.15, 0.2) is 5.82 Å². The minimum absolute atomic E-state index is 0.104. The van der Waals surface area contributed by atoms with E-state index in [-0.39, 0.29) is 5.91 Å². The fourth-order valence-electron chi connectivity index (χ4n) is 3.71. The Morgan fingerprint density at radius 3 is 2.70 bits per heavy atom. The summed E-state index contributed by atoms with van der Waals surface area (Å²) >= 11 is 1.59. The number of aromatic nitrogens is 4. The molecule has 1 amide bonds. The van der Waals surface area contributed by atoms with Crippen LogP contribution in [-0.2, 0) is 5.75 Å². The molecule has 7 nitrogen and oxygen atoms in total. The van der Waals surface area contributed by atoms with Crippen molar-refractivity contribution in [2.24, 2.45) is 0 Å². The average molecular weight is 423 g/mol. The molecule has 156 valence electrons. The van der Waals surface area contributed by atoms with Gasteiger partial charge in [-0.3, -0.25) is 4.79 Å². The van der Waals surface area contributed by atoms with E-state index in [0.717, 1.165) is 47.9 Å². The molecule has 0 N–H and O–H groups in total. The number of hydrogen-bond acceptors (Lipinski definition) is 6. The highest BCUT2D eigenvalue weighted by Crippen LogP contribution is 2.28. The van der Waals surface area contributed by atoms with E-state index in [9.17, 15) is 4.79 Å². The van der Waals surface area contributed by atoms with E-state index in [1.54, 1.807) is 16.4 Å². The van der Waals surface area contributed by atoms with Crippen molar-refractivity contribution in [3.05, 3.63) is 66.0 Å². The van der Waals surface area contributed by atoms with Crippen LogP contribution in [0.1, 0.15) is 29.0 Å². The fourth-order valence-corrected chi connectivity index (χ4v) is 4.66. The predicted octanol–water partition coefficient (Wildman–Crippen LogP) is 3.12. The van der Waals surface area contributed by atoms with Gasteiger partial charge in [0.2, 0.25) is 0 Å². The molecule has 1 aliphatic rings. The van der Waals surface area contributed by atoms with Crippen LogP contribution in [0.4, 0.5) is 0 Å². The number of carbonyl (C=O) groups excluding carboxylic acids is 1. The van der Waals surface area contributed by atoms with Crippen LogP contribution in [-0.4, -0.2) is 69.1 Å². The summed E-state index contributed by atoms with van der Waals surface area (Å²) in [5, 5.41) is 12.1. The molecule has 3 aromatic rings. The SMILES string of the molecule is CN(C)C1CCCN(C(=O)c2ccccc2SCc2nnnn2-c2ccccc2)C1. The van der Waals surface area contributed by atoms with E-state index < -0.39 is 0 Å². The number of para-hydroxylation sites is 1. The van der Waals surface area contributed by atoms with Crippen LogP contribution < -0.4 is 0 Å². The highest BCUT2D eigenvalue weighted by atomic mass is 32.2. The molecule has 1 aromatic heterocycles. The number of tetrazole rings is 1. The van der Waals surface area contributed by atoms with E-state index in [1.165, 1.54) is 0 Å². The molecule has 1 fully saturated rings. The highest BCUT2D eigenvalue weighted by molar-refractivity contribution is 7.98. The van der Waals surface area contributed by atoms with Crippen molar-refractivity contribution in [1.29, 1.82) is 0 Å². The summed E-state index contributed by atoms with van der Waals surface area (Å²) in [4.78, 5) is 18.4. The molecule has 2 heterocycles. The van der Waals surface area contributed by atoms with Gasteiger partial charge in [0.1, 0.15) is 0 Å². The monoisotopic (exact) mass is 422 g/mol. The van der Waals surface area contributed by atoms with Crippen molar-refractivity contribution in [1.82, 2.24) is 30.0 Å². The average Bonchev–Trinajstić information content (AvgIpc) is 3.27. The van der Waals surface area contributed by atoms with E-state index in [4.69, 9.17) is 0 Å². The second kappa shape index (κ2) is 9.40. The third kappa shape index (κ3) is 4.55. The van der Waals surface area contributed by atoms with Gasteiger partial charge in [-0.15, -0.1) is 16.9 Å². The number of likely N-dealkylation sites (N-methyl/N-ethyl adjacent to an activating group) is 1. The lowest BCUT2D eigenvalue weighted by atomic mass is 10.0. The van der Waals surface area contributed by atoms with Crippen molar-refractivity contribution in [3.8, 4) is 5.69 Å². The van der Waals surface area contributed by atoms with Gasteiger partial charge in [0, 0.05) is 24.0 Å². The molecule has 2 aromatic carbocycles. The number of nitrogens with zero attached hydrogens (tertiary/aromatic N) is 6. The van der Waals surface area contributed by atoms with Crippen LogP contribution >= 0.6 is 11.8 Å². The summed E-state index contributed by atoms with van der Waals surface area (Å²) in [6.07, 6.45) is 2.17. The largest absolute Gasteiger partial charge is 0.337 e. The predicted molar refractivity (Wildman–Crippen MR) is 118 cm³/mol. The van der Waals surface area contributed by atoms with Gasteiger partial charge < -0.3 is 9.80 Å². The molecule has 4 rings (SSSR count). The van der Waals surface area contributed by atoms with E-state index in [2.05, 4.69) is 34.5 Å². The van der Waals surface area contributed by atoms with Gasteiger partial charge in [0.05, 0.1) is 17.0 Å². The van der Waals surface area contributed by atoms with Crippen molar-refractivity contribution >= 4 is 17.7 Å². The molecule has 1 saturated heterocycles. The summed E-state index contributed by atoms with van der Waals surface area (Å²) < 4.78 is 1.74. The molecule has 0 saturated carbocycles. The number of rotatable bonds is 6. The minimum atomic E-state index is 0.104. The number of thioether (sulfide) groups is 1. The zero-order chi connectivity index (χ0) is 20.9. The topological polar surface area (TPSA) is 67.2 Å². The molecule has 1 atom stereocenters. The van der Waals surface area contributed by atoms with Crippen molar-refractivity contribution < 1.29 is 4.79 Å². The zero-order valence-corrected chi connectivity index (χ0v) is 18.1. The third-order valence-corrected chi connectivity index (χ3v) is 6.49. The first-order valence-electron chi connectivity index (χ1n) is 10.1. The Morgan fingerprint density at radius 1 is 1.13 bits per heavy atom. The molecule has 0 spiro atoms. The Labute approximate surface area is 181 Å². The van der Waals surface area contributed by atoms with Crippen LogP contribution in [0.2, 0.25) is 0 Å². The summed E-state index contributed by atoms with van der Waals surface area (Å²) in [7, 11) is 4.17. The van der Waals surface area contributed by atoms with Crippen LogP contribution in [0.25, 0.3) is 5.69 Å². The van der Waals surface area contributed by atoms with Gasteiger partial charge >= 0.3 is 0 Å². The zero-order valence-electron chi connectivity index (χ0n) is 17.3. The standard InChI is InChI=1S/C22H26N6OS/c1-26(2)18-11-8-14-27(15-18)22(29)19-12-6-7-13-20(19)30-16-21-23-24-25-28(21)17-9-4-3-5-10-17/h3-7,9-10,12-13,18H,8,11,14-16H2,1-2H3. The Kier molecular flexibility index (Phi) is 6.44. The van der Waals surface area contributed by atoms with Gasteiger partial charge in [-0.05, 0) is 61.6 Å². The summed E-state index contributed by atoms with van der Waals surface area (Å²) in [6.45, 7) is 1.59. The molecular formula is C22H26N6OS. The molecule has 1 aliphatic heterocycles. The van der Waals surface area contributed by atoms with Crippen molar-refractivity contribution in [3.63, 3.8) is 0 Å². The number of carbonyl (C=O) groups is 1. The first-order valence-corrected chi connectivity index (χ1v) is 11.1. The number of benzene rings is 2. The molecule has 8 heteroatoms. The van der Waals surface area contributed by atoms with Gasteiger partial charge in [-0.25, -0.2) is 0 Å². The minimum Gasteiger partial charge on any atom is -0.337 e. The first-order chi connectivity index (χ1) is 14.6. The number of hydrogen-bond donors (Lipinski definition) is 0. The van der Waals surface area contributed by atoms with Gasteiger partial charge in [-0.1, -0.05) is 30.3 Å². The lowest BCUT2D eigenvalue weighted by Gasteiger charge is -2.36. The summed E-state index contributed by atoms with van der Waals surface area (Å²) in [5.41, 5.74) is 1.67. The molecule has 0 radical (unpaired) electrons.